The zero-order valence-corrected chi connectivity index (χ0v) is 12.3. The SMILES string of the molecule is CC(C)CN(CC(C)C)c1cc(Cl)ccc1C#N. The molecular formula is C15H21ClN2. The third kappa shape index (κ3) is 4.23. The lowest BCUT2D eigenvalue weighted by Gasteiger charge is -2.29. The second kappa shape index (κ2) is 6.66. The molecule has 1 rings (SSSR count). The molecule has 0 atom stereocenters. The molecule has 1 aromatic rings. The van der Waals surface area contributed by atoms with E-state index in [-0.39, 0.29) is 0 Å². The molecule has 0 radical (unpaired) electrons. The zero-order valence-electron chi connectivity index (χ0n) is 11.6. The minimum absolute atomic E-state index is 0.550. The van der Waals surface area contributed by atoms with Gasteiger partial charge >= 0.3 is 0 Å². The van der Waals surface area contributed by atoms with Crippen molar-refractivity contribution in [2.45, 2.75) is 27.7 Å². The van der Waals surface area contributed by atoms with Crippen molar-refractivity contribution in [2.75, 3.05) is 18.0 Å². The monoisotopic (exact) mass is 264 g/mol. The first-order chi connectivity index (χ1) is 8.43. The van der Waals surface area contributed by atoms with Gasteiger partial charge in [0, 0.05) is 18.1 Å². The predicted molar refractivity (Wildman–Crippen MR) is 78.1 cm³/mol. The van der Waals surface area contributed by atoms with E-state index in [9.17, 15) is 5.26 Å². The molecule has 0 heterocycles. The second-order valence-electron chi connectivity index (χ2n) is 5.47. The number of hydrogen-bond acceptors (Lipinski definition) is 2. The Hall–Kier alpha value is -1.20. The van der Waals surface area contributed by atoms with Crippen LogP contribution in [0.3, 0.4) is 0 Å². The lowest BCUT2D eigenvalue weighted by atomic mass is 10.1. The molecule has 0 saturated carbocycles. The van der Waals surface area contributed by atoms with Crippen molar-refractivity contribution >= 4 is 17.3 Å². The molecule has 0 saturated heterocycles. The van der Waals surface area contributed by atoms with E-state index in [0.717, 1.165) is 18.8 Å². The van der Waals surface area contributed by atoms with Gasteiger partial charge in [-0.05, 0) is 30.0 Å². The van der Waals surface area contributed by atoms with Crippen LogP contribution in [-0.4, -0.2) is 13.1 Å². The summed E-state index contributed by atoms with van der Waals surface area (Å²) in [6.07, 6.45) is 0. The van der Waals surface area contributed by atoms with Crippen LogP contribution in [0.4, 0.5) is 5.69 Å². The van der Waals surface area contributed by atoms with Crippen molar-refractivity contribution in [3.63, 3.8) is 0 Å². The first-order valence-electron chi connectivity index (χ1n) is 6.38. The van der Waals surface area contributed by atoms with E-state index < -0.39 is 0 Å². The first kappa shape index (κ1) is 14.9. The van der Waals surface area contributed by atoms with Gasteiger partial charge in [-0.1, -0.05) is 39.3 Å². The topological polar surface area (TPSA) is 27.0 Å². The maximum absolute atomic E-state index is 9.21. The van der Waals surface area contributed by atoms with Gasteiger partial charge < -0.3 is 4.90 Å². The Labute approximate surface area is 115 Å². The van der Waals surface area contributed by atoms with Crippen LogP contribution < -0.4 is 4.90 Å². The van der Waals surface area contributed by atoms with Gasteiger partial charge in [-0.25, -0.2) is 0 Å². The lowest BCUT2D eigenvalue weighted by Crippen LogP contribution is -2.31. The van der Waals surface area contributed by atoms with Crippen LogP contribution in [0.1, 0.15) is 33.3 Å². The zero-order chi connectivity index (χ0) is 13.7. The predicted octanol–water partition coefficient (Wildman–Crippen LogP) is 4.33. The number of benzene rings is 1. The molecule has 0 aromatic heterocycles. The van der Waals surface area contributed by atoms with E-state index in [2.05, 4.69) is 38.7 Å². The van der Waals surface area contributed by atoms with E-state index in [1.807, 2.05) is 6.07 Å². The Morgan fingerprint density at radius 3 is 2.17 bits per heavy atom. The van der Waals surface area contributed by atoms with Crippen LogP contribution in [-0.2, 0) is 0 Å². The normalized spacial score (nSPS) is 10.8. The Bertz CT molecular complexity index is 423. The highest BCUT2D eigenvalue weighted by atomic mass is 35.5. The van der Waals surface area contributed by atoms with Crippen molar-refractivity contribution in [1.82, 2.24) is 0 Å². The van der Waals surface area contributed by atoms with Crippen LogP contribution in [0.2, 0.25) is 5.02 Å². The average molecular weight is 265 g/mol. The molecule has 0 N–H and O–H groups in total. The van der Waals surface area contributed by atoms with Crippen molar-refractivity contribution < 1.29 is 0 Å². The summed E-state index contributed by atoms with van der Waals surface area (Å²) >= 11 is 6.05. The molecule has 3 heteroatoms. The van der Waals surface area contributed by atoms with Crippen molar-refractivity contribution in [3.8, 4) is 6.07 Å². The number of halogens is 1. The van der Waals surface area contributed by atoms with Crippen LogP contribution in [0, 0.1) is 23.2 Å². The minimum Gasteiger partial charge on any atom is -0.370 e. The van der Waals surface area contributed by atoms with E-state index in [0.29, 0.717) is 22.4 Å². The third-order valence-corrected chi connectivity index (χ3v) is 2.83. The van der Waals surface area contributed by atoms with Gasteiger partial charge in [-0.15, -0.1) is 0 Å². The van der Waals surface area contributed by atoms with Crippen LogP contribution in [0.25, 0.3) is 0 Å². The van der Waals surface area contributed by atoms with Crippen molar-refractivity contribution in [3.05, 3.63) is 28.8 Å². The average Bonchev–Trinajstić information content (AvgIpc) is 2.26. The second-order valence-corrected chi connectivity index (χ2v) is 5.90. The fourth-order valence-corrected chi connectivity index (χ4v) is 2.18. The first-order valence-corrected chi connectivity index (χ1v) is 6.76. The molecule has 98 valence electrons. The summed E-state index contributed by atoms with van der Waals surface area (Å²) in [5.74, 6) is 1.10. The summed E-state index contributed by atoms with van der Waals surface area (Å²) in [5, 5.41) is 9.89. The highest BCUT2D eigenvalue weighted by Crippen LogP contribution is 2.26. The molecule has 0 aliphatic heterocycles. The quantitative estimate of drug-likeness (QED) is 0.791. The van der Waals surface area contributed by atoms with Gasteiger partial charge in [0.05, 0.1) is 11.3 Å². The van der Waals surface area contributed by atoms with E-state index >= 15 is 0 Å². The van der Waals surface area contributed by atoms with E-state index in [1.54, 1.807) is 12.1 Å². The number of nitrogens with zero attached hydrogens (tertiary/aromatic N) is 2. The molecular weight excluding hydrogens is 244 g/mol. The maximum Gasteiger partial charge on any atom is 0.101 e. The molecule has 0 unspecified atom stereocenters. The molecule has 0 spiro atoms. The molecule has 0 fully saturated rings. The van der Waals surface area contributed by atoms with Crippen molar-refractivity contribution in [1.29, 1.82) is 5.26 Å². The maximum atomic E-state index is 9.21. The molecule has 18 heavy (non-hydrogen) atoms. The molecule has 0 aliphatic carbocycles. The fourth-order valence-electron chi connectivity index (χ4n) is 2.01. The summed E-state index contributed by atoms with van der Waals surface area (Å²) in [5.41, 5.74) is 1.65. The van der Waals surface area contributed by atoms with E-state index in [1.165, 1.54) is 0 Å². The number of nitriles is 1. The fraction of sp³-hybridized carbons (Fsp3) is 0.533. The highest BCUT2D eigenvalue weighted by Gasteiger charge is 2.14. The molecule has 0 aliphatic rings. The Kier molecular flexibility index (Phi) is 5.50. The third-order valence-electron chi connectivity index (χ3n) is 2.59. The lowest BCUT2D eigenvalue weighted by molar-refractivity contribution is 0.552. The van der Waals surface area contributed by atoms with Gasteiger partial charge in [-0.3, -0.25) is 0 Å². The Morgan fingerprint density at radius 1 is 1.17 bits per heavy atom. The molecule has 0 bridgehead atoms. The number of rotatable bonds is 5. The van der Waals surface area contributed by atoms with Gasteiger partial charge in [-0.2, -0.15) is 5.26 Å². The van der Waals surface area contributed by atoms with Crippen LogP contribution in [0.15, 0.2) is 18.2 Å². The summed E-state index contributed by atoms with van der Waals surface area (Å²) in [6, 6.07) is 7.71. The van der Waals surface area contributed by atoms with Crippen LogP contribution in [0.5, 0.6) is 0 Å². The van der Waals surface area contributed by atoms with Crippen molar-refractivity contribution in [2.24, 2.45) is 11.8 Å². The Balaban J connectivity index is 3.11. The largest absolute Gasteiger partial charge is 0.370 e. The number of hydrogen-bond donors (Lipinski definition) is 0. The molecule has 2 nitrogen and oxygen atoms in total. The van der Waals surface area contributed by atoms with Crippen LogP contribution >= 0.6 is 11.6 Å². The van der Waals surface area contributed by atoms with Gasteiger partial charge in [0.1, 0.15) is 6.07 Å². The summed E-state index contributed by atoms with van der Waals surface area (Å²) in [6.45, 7) is 10.6. The number of anilines is 1. The highest BCUT2D eigenvalue weighted by molar-refractivity contribution is 6.30. The standard InChI is InChI=1S/C15H21ClN2/c1-11(2)9-18(10-12(3)4)15-7-14(16)6-5-13(15)8-17/h5-7,11-12H,9-10H2,1-4H3. The summed E-state index contributed by atoms with van der Waals surface area (Å²) in [4.78, 5) is 2.26. The molecule has 0 amide bonds. The summed E-state index contributed by atoms with van der Waals surface area (Å²) in [7, 11) is 0. The summed E-state index contributed by atoms with van der Waals surface area (Å²) < 4.78 is 0. The van der Waals surface area contributed by atoms with Gasteiger partial charge in [0.2, 0.25) is 0 Å². The Morgan fingerprint density at radius 2 is 1.72 bits per heavy atom. The van der Waals surface area contributed by atoms with Gasteiger partial charge in [0.15, 0.2) is 0 Å². The van der Waals surface area contributed by atoms with Gasteiger partial charge in [0.25, 0.3) is 0 Å². The molecule has 1 aromatic carbocycles. The van der Waals surface area contributed by atoms with E-state index in [4.69, 9.17) is 11.6 Å². The smallest absolute Gasteiger partial charge is 0.101 e. The minimum atomic E-state index is 0.550.